The van der Waals surface area contributed by atoms with Gasteiger partial charge in [-0.25, -0.2) is 0 Å². The van der Waals surface area contributed by atoms with Gasteiger partial charge in [-0.1, -0.05) is 18.9 Å². The molecule has 0 radical (unpaired) electrons. The molecule has 0 bridgehead atoms. The molecule has 1 saturated carbocycles. The molecule has 1 aliphatic carbocycles. The van der Waals surface area contributed by atoms with Gasteiger partial charge < -0.3 is 5.32 Å². The van der Waals surface area contributed by atoms with Gasteiger partial charge in [0, 0.05) is 34.6 Å². The number of nitrogens with zero attached hydrogens (tertiary/aromatic N) is 1. The molecule has 0 atom stereocenters. The molecular formula is C18H20N2OS. The standard InChI is InChI=1S/C18H20N2OS/c21-18(15-5-1-2-6-15)20-16-7-9-17(10-8-16)22-13-14-4-3-11-19-12-14/h3-4,7-12,15H,1-2,5-6,13H2,(H,20,21). The van der Waals surface area contributed by atoms with Crippen molar-refractivity contribution in [3.8, 4) is 0 Å². The van der Waals surface area contributed by atoms with Gasteiger partial charge in [0.15, 0.2) is 0 Å². The quantitative estimate of drug-likeness (QED) is 0.826. The van der Waals surface area contributed by atoms with Crippen molar-refractivity contribution in [3.05, 3.63) is 54.4 Å². The number of carbonyl (C=O) groups is 1. The number of pyridine rings is 1. The summed E-state index contributed by atoms with van der Waals surface area (Å²) in [5.74, 6) is 1.29. The Morgan fingerprint density at radius 1 is 1.18 bits per heavy atom. The molecular weight excluding hydrogens is 292 g/mol. The number of carbonyl (C=O) groups excluding carboxylic acids is 1. The van der Waals surface area contributed by atoms with Crippen molar-refractivity contribution in [2.24, 2.45) is 5.92 Å². The van der Waals surface area contributed by atoms with Crippen molar-refractivity contribution >= 4 is 23.4 Å². The molecule has 4 heteroatoms. The van der Waals surface area contributed by atoms with Crippen molar-refractivity contribution in [1.82, 2.24) is 4.98 Å². The number of rotatable bonds is 5. The second-order valence-corrected chi connectivity index (χ2v) is 6.69. The third-order valence-electron chi connectivity index (χ3n) is 3.98. The highest BCUT2D eigenvalue weighted by molar-refractivity contribution is 7.98. The first kappa shape index (κ1) is 15.1. The van der Waals surface area contributed by atoms with E-state index in [1.807, 2.05) is 24.4 Å². The zero-order valence-electron chi connectivity index (χ0n) is 12.5. The Hall–Kier alpha value is -1.81. The smallest absolute Gasteiger partial charge is 0.227 e. The minimum Gasteiger partial charge on any atom is -0.326 e. The van der Waals surface area contributed by atoms with Crippen LogP contribution in [0.25, 0.3) is 0 Å². The molecule has 1 fully saturated rings. The van der Waals surface area contributed by atoms with Crippen molar-refractivity contribution in [3.63, 3.8) is 0 Å². The van der Waals surface area contributed by atoms with Gasteiger partial charge in [0.05, 0.1) is 0 Å². The van der Waals surface area contributed by atoms with Crippen LogP contribution in [0.2, 0.25) is 0 Å². The lowest BCUT2D eigenvalue weighted by atomic mass is 10.1. The molecule has 22 heavy (non-hydrogen) atoms. The SMILES string of the molecule is O=C(Nc1ccc(SCc2cccnc2)cc1)C1CCCC1. The summed E-state index contributed by atoms with van der Waals surface area (Å²) in [5, 5.41) is 3.03. The molecule has 114 valence electrons. The number of aromatic nitrogens is 1. The van der Waals surface area contributed by atoms with Gasteiger partial charge in [0.1, 0.15) is 0 Å². The van der Waals surface area contributed by atoms with Crippen LogP contribution in [0, 0.1) is 5.92 Å². The van der Waals surface area contributed by atoms with Crippen LogP contribution in [0.1, 0.15) is 31.2 Å². The number of amides is 1. The van der Waals surface area contributed by atoms with Crippen molar-refractivity contribution in [1.29, 1.82) is 0 Å². The Morgan fingerprint density at radius 3 is 2.64 bits per heavy atom. The van der Waals surface area contributed by atoms with Gasteiger partial charge in [-0.05, 0) is 48.7 Å². The summed E-state index contributed by atoms with van der Waals surface area (Å²) in [7, 11) is 0. The Morgan fingerprint density at radius 2 is 1.95 bits per heavy atom. The maximum atomic E-state index is 12.1. The molecule has 3 rings (SSSR count). The lowest BCUT2D eigenvalue weighted by molar-refractivity contribution is -0.119. The van der Waals surface area contributed by atoms with Crippen LogP contribution in [0.15, 0.2) is 53.7 Å². The van der Waals surface area contributed by atoms with E-state index < -0.39 is 0 Å². The third-order valence-corrected chi connectivity index (χ3v) is 5.06. The zero-order valence-corrected chi connectivity index (χ0v) is 13.3. The monoisotopic (exact) mass is 312 g/mol. The lowest BCUT2D eigenvalue weighted by Gasteiger charge is -2.10. The van der Waals surface area contributed by atoms with E-state index in [-0.39, 0.29) is 11.8 Å². The number of hydrogen-bond acceptors (Lipinski definition) is 3. The van der Waals surface area contributed by atoms with E-state index in [4.69, 9.17) is 0 Å². The number of nitrogens with one attached hydrogen (secondary N) is 1. The van der Waals surface area contributed by atoms with Gasteiger partial charge in [-0.15, -0.1) is 11.8 Å². The first-order valence-electron chi connectivity index (χ1n) is 7.74. The highest BCUT2D eigenvalue weighted by Gasteiger charge is 2.22. The molecule has 1 aromatic carbocycles. The van der Waals surface area contributed by atoms with E-state index in [2.05, 4.69) is 28.5 Å². The Bertz CT molecular complexity index is 607. The van der Waals surface area contributed by atoms with Crippen LogP contribution < -0.4 is 5.32 Å². The molecule has 1 heterocycles. The summed E-state index contributed by atoms with van der Waals surface area (Å²) in [6.45, 7) is 0. The Balaban J connectivity index is 1.52. The second kappa shape index (κ2) is 7.45. The lowest BCUT2D eigenvalue weighted by Crippen LogP contribution is -2.20. The predicted molar refractivity (Wildman–Crippen MR) is 90.8 cm³/mol. The van der Waals surface area contributed by atoms with Crippen molar-refractivity contribution in [2.45, 2.75) is 36.3 Å². The van der Waals surface area contributed by atoms with E-state index in [1.165, 1.54) is 23.3 Å². The first-order chi connectivity index (χ1) is 10.8. The number of thioether (sulfide) groups is 1. The van der Waals surface area contributed by atoms with Gasteiger partial charge in [-0.2, -0.15) is 0 Å². The largest absolute Gasteiger partial charge is 0.326 e. The second-order valence-electron chi connectivity index (χ2n) is 5.64. The Kier molecular flexibility index (Phi) is 5.11. The van der Waals surface area contributed by atoms with Crippen LogP contribution >= 0.6 is 11.8 Å². The molecule has 0 saturated heterocycles. The minimum absolute atomic E-state index is 0.174. The topological polar surface area (TPSA) is 42.0 Å². The highest BCUT2D eigenvalue weighted by atomic mass is 32.2. The zero-order chi connectivity index (χ0) is 15.2. The molecule has 3 nitrogen and oxygen atoms in total. The molecule has 2 aromatic rings. The average Bonchev–Trinajstić information content (AvgIpc) is 3.10. The van der Waals surface area contributed by atoms with Crippen molar-refractivity contribution < 1.29 is 4.79 Å². The molecule has 1 aliphatic rings. The summed E-state index contributed by atoms with van der Waals surface area (Å²) in [6, 6.07) is 12.1. The van der Waals surface area contributed by atoms with Crippen LogP contribution in [0.5, 0.6) is 0 Å². The van der Waals surface area contributed by atoms with Gasteiger partial charge >= 0.3 is 0 Å². The van der Waals surface area contributed by atoms with Gasteiger partial charge in [-0.3, -0.25) is 9.78 Å². The first-order valence-corrected chi connectivity index (χ1v) is 8.72. The molecule has 0 unspecified atom stereocenters. The maximum Gasteiger partial charge on any atom is 0.227 e. The van der Waals surface area contributed by atoms with E-state index >= 15 is 0 Å². The van der Waals surface area contributed by atoms with Crippen molar-refractivity contribution in [2.75, 3.05) is 5.32 Å². The summed E-state index contributed by atoms with van der Waals surface area (Å²) in [5.41, 5.74) is 2.11. The van der Waals surface area contributed by atoms with E-state index in [1.54, 1.807) is 18.0 Å². The summed E-state index contributed by atoms with van der Waals surface area (Å²) < 4.78 is 0. The summed E-state index contributed by atoms with van der Waals surface area (Å²) in [6.07, 6.45) is 8.11. The Labute approximate surface area is 135 Å². The number of benzene rings is 1. The maximum absolute atomic E-state index is 12.1. The molecule has 1 N–H and O–H groups in total. The average molecular weight is 312 g/mol. The fraction of sp³-hybridized carbons (Fsp3) is 0.333. The van der Waals surface area contributed by atoms with Gasteiger partial charge in [0.25, 0.3) is 0 Å². The van der Waals surface area contributed by atoms with E-state index in [0.29, 0.717) is 0 Å². The predicted octanol–water partition coefficient (Wildman–Crippen LogP) is 4.50. The summed E-state index contributed by atoms with van der Waals surface area (Å²) in [4.78, 5) is 17.4. The van der Waals surface area contributed by atoms with E-state index in [0.717, 1.165) is 24.3 Å². The van der Waals surface area contributed by atoms with Crippen LogP contribution in [0.4, 0.5) is 5.69 Å². The van der Waals surface area contributed by atoms with Gasteiger partial charge in [0.2, 0.25) is 5.91 Å². The molecule has 1 aromatic heterocycles. The van der Waals surface area contributed by atoms with Crippen LogP contribution in [0.3, 0.4) is 0 Å². The third kappa shape index (κ3) is 4.10. The number of hydrogen-bond donors (Lipinski definition) is 1. The molecule has 0 spiro atoms. The van der Waals surface area contributed by atoms with Crippen LogP contribution in [-0.4, -0.2) is 10.9 Å². The molecule has 1 amide bonds. The number of anilines is 1. The molecule has 0 aliphatic heterocycles. The highest BCUT2D eigenvalue weighted by Crippen LogP contribution is 2.27. The fourth-order valence-corrected chi connectivity index (χ4v) is 3.55. The van der Waals surface area contributed by atoms with E-state index in [9.17, 15) is 4.79 Å². The normalized spacial score (nSPS) is 14.9. The summed E-state index contributed by atoms with van der Waals surface area (Å²) >= 11 is 1.77. The minimum atomic E-state index is 0.174. The van der Waals surface area contributed by atoms with Crippen LogP contribution in [-0.2, 0) is 10.5 Å². The fourth-order valence-electron chi connectivity index (χ4n) is 2.72.